The fourth-order valence-corrected chi connectivity index (χ4v) is 3.91. The third kappa shape index (κ3) is 4.71. The molecule has 1 aromatic carbocycles. The van der Waals surface area contributed by atoms with Crippen molar-refractivity contribution in [2.75, 3.05) is 19.1 Å². The van der Waals surface area contributed by atoms with Crippen molar-refractivity contribution >= 4 is 62.1 Å². The highest BCUT2D eigenvalue weighted by molar-refractivity contribution is 8.14. The Bertz CT molecular complexity index is 854. The number of esters is 1. The van der Waals surface area contributed by atoms with E-state index in [9.17, 15) is 14.4 Å². The smallest absolute Gasteiger partial charge is 0.325 e. The van der Waals surface area contributed by atoms with Gasteiger partial charge < -0.3 is 9.30 Å². The van der Waals surface area contributed by atoms with E-state index < -0.39 is 11.9 Å². The first-order chi connectivity index (χ1) is 11.4. The molecule has 0 bridgehead atoms. The molecule has 1 heterocycles. The lowest BCUT2D eigenvalue weighted by molar-refractivity contribution is -0.141. The highest BCUT2D eigenvalue weighted by Crippen LogP contribution is 2.24. The van der Waals surface area contributed by atoms with Crippen LogP contribution in [0, 0.1) is 0 Å². The highest BCUT2D eigenvalue weighted by Gasteiger charge is 2.12. The summed E-state index contributed by atoms with van der Waals surface area (Å²) in [5, 5.41) is -0.137. The van der Waals surface area contributed by atoms with Gasteiger partial charge >= 0.3 is 5.97 Å². The third-order valence-electron chi connectivity index (χ3n) is 3.02. The third-order valence-corrected chi connectivity index (χ3v) is 5.59. The van der Waals surface area contributed by atoms with Gasteiger partial charge in [-0.25, -0.2) is 0 Å². The van der Waals surface area contributed by atoms with Crippen molar-refractivity contribution in [1.29, 1.82) is 0 Å². The van der Waals surface area contributed by atoms with Gasteiger partial charge in [-0.05, 0) is 24.5 Å². The lowest BCUT2D eigenvalue weighted by atomic mass is 10.3. The number of hydrogen-bond acceptors (Lipinski definition) is 7. The summed E-state index contributed by atoms with van der Waals surface area (Å²) >= 11 is 3.85. The van der Waals surface area contributed by atoms with E-state index in [4.69, 9.17) is 4.74 Å². The van der Waals surface area contributed by atoms with Crippen LogP contribution in [0.1, 0.15) is 6.92 Å². The SMILES string of the molecule is COC(=O)Cn1c(=NC(=O)CSC(C)=O)sc2cc(SC)ccc21. The molecule has 1 amide bonds. The Morgan fingerprint density at radius 2 is 2.08 bits per heavy atom. The van der Waals surface area contributed by atoms with Gasteiger partial charge in [0.05, 0.1) is 23.1 Å². The van der Waals surface area contributed by atoms with E-state index in [1.165, 1.54) is 25.4 Å². The van der Waals surface area contributed by atoms with Crippen LogP contribution in [0.2, 0.25) is 0 Å². The van der Waals surface area contributed by atoms with Crippen molar-refractivity contribution in [2.45, 2.75) is 18.4 Å². The normalized spacial score (nSPS) is 11.7. The standard InChI is InChI=1S/C15H16N2O4S3/c1-9(18)23-8-13(19)16-15-17(7-14(20)21-2)11-5-4-10(22-3)6-12(11)24-15/h4-6H,7-8H2,1-3H3. The van der Waals surface area contributed by atoms with Gasteiger partial charge in [0.1, 0.15) is 6.54 Å². The summed E-state index contributed by atoms with van der Waals surface area (Å²) < 4.78 is 7.31. The van der Waals surface area contributed by atoms with Crippen molar-refractivity contribution in [3.8, 4) is 0 Å². The number of fused-ring (bicyclic) bond motifs is 1. The molecule has 9 heteroatoms. The van der Waals surface area contributed by atoms with Crippen LogP contribution in [0.4, 0.5) is 0 Å². The molecule has 1 aromatic heterocycles. The molecule has 128 valence electrons. The Kier molecular flexibility index (Phi) is 6.64. The Morgan fingerprint density at radius 1 is 1.33 bits per heavy atom. The molecule has 0 N–H and O–H groups in total. The number of thioether (sulfide) groups is 2. The molecule has 2 aromatic rings. The van der Waals surface area contributed by atoms with Gasteiger partial charge in [-0.1, -0.05) is 23.1 Å². The van der Waals surface area contributed by atoms with Crippen LogP contribution in [0.15, 0.2) is 28.1 Å². The van der Waals surface area contributed by atoms with Crippen molar-refractivity contribution in [3.05, 3.63) is 23.0 Å². The number of aromatic nitrogens is 1. The van der Waals surface area contributed by atoms with E-state index in [0.717, 1.165) is 26.9 Å². The van der Waals surface area contributed by atoms with Gasteiger partial charge in [0.25, 0.3) is 5.91 Å². The number of carbonyl (C=O) groups excluding carboxylic acids is 3. The molecule has 0 spiro atoms. The average Bonchev–Trinajstić information content (AvgIpc) is 2.89. The number of ether oxygens (including phenoxy) is 1. The maximum absolute atomic E-state index is 12.0. The first-order valence-electron chi connectivity index (χ1n) is 6.89. The largest absolute Gasteiger partial charge is 0.468 e. The Balaban J connectivity index is 2.49. The quantitative estimate of drug-likeness (QED) is 0.581. The molecule has 0 fully saturated rings. The van der Waals surface area contributed by atoms with Crippen molar-refractivity contribution < 1.29 is 19.1 Å². The number of benzene rings is 1. The number of amides is 1. The molecule has 0 atom stereocenters. The van der Waals surface area contributed by atoms with Crippen LogP contribution in [0.25, 0.3) is 10.2 Å². The van der Waals surface area contributed by atoms with E-state index in [1.54, 1.807) is 16.3 Å². The zero-order valence-corrected chi connectivity index (χ0v) is 15.8. The molecule has 24 heavy (non-hydrogen) atoms. The number of rotatable bonds is 5. The Morgan fingerprint density at radius 3 is 2.71 bits per heavy atom. The molecule has 0 aliphatic heterocycles. The van der Waals surface area contributed by atoms with Gasteiger partial charge in [-0.3, -0.25) is 14.4 Å². The molecular formula is C15H16N2O4S3. The molecule has 6 nitrogen and oxygen atoms in total. The predicted octanol–water partition coefficient (Wildman–Crippen LogP) is 2.30. The van der Waals surface area contributed by atoms with E-state index in [-0.39, 0.29) is 17.4 Å². The molecule has 2 rings (SSSR count). The van der Waals surface area contributed by atoms with Crippen molar-refractivity contribution in [2.24, 2.45) is 4.99 Å². The number of methoxy groups -OCH3 is 1. The average molecular weight is 385 g/mol. The van der Waals surface area contributed by atoms with Crippen molar-refractivity contribution in [1.82, 2.24) is 4.57 Å². The molecule has 0 aliphatic rings. The summed E-state index contributed by atoms with van der Waals surface area (Å²) in [6.45, 7) is 1.37. The lowest BCUT2D eigenvalue weighted by Gasteiger charge is -2.04. The summed E-state index contributed by atoms with van der Waals surface area (Å²) in [6, 6.07) is 5.84. The molecule has 0 aliphatic carbocycles. The molecule has 0 saturated heterocycles. The van der Waals surface area contributed by atoms with Gasteiger partial charge in [0, 0.05) is 11.8 Å². The highest BCUT2D eigenvalue weighted by atomic mass is 32.2. The summed E-state index contributed by atoms with van der Waals surface area (Å²) in [5.74, 6) is -0.848. The number of thiazole rings is 1. The second kappa shape index (κ2) is 8.50. The molecule has 0 saturated carbocycles. The minimum atomic E-state index is -0.421. The summed E-state index contributed by atoms with van der Waals surface area (Å²) in [4.78, 5) is 40.2. The first-order valence-corrected chi connectivity index (χ1v) is 9.92. The fourth-order valence-electron chi connectivity index (χ4n) is 1.91. The minimum Gasteiger partial charge on any atom is -0.468 e. The number of carbonyl (C=O) groups is 3. The second-order valence-corrected chi connectivity index (χ2v) is 7.71. The molecule has 0 radical (unpaired) electrons. The topological polar surface area (TPSA) is 77.7 Å². The maximum atomic E-state index is 12.0. The zero-order chi connectivity index (χ0) is 17.7. The fraction of sp³-hybridized carbons (Fsp3) is 0.333. The van der Waals surface area contributed by atoms with Crippen LogP contribution >= 0.6 is 34.9 Å². The lowest BCUT2D eigenvalue weighted by Crippen LogP contribution is -2.22. The van der Waals surface area contributed by atoms with Crippen LogP contribution in [0.5, 0.6) is 0 Å². The Hall–Kier alpha value is -1.58. The summed E-state index contributed by atoms with van der Waals surface area (Å²) in [6.07, 6.45) is 1.98. The summed E-state index contributed by atoms with van der Waals surface area (Å²) in [7, 11) is 1.31. The zero-order valence-electron chi connectivity index (χ0n) is 13.4. The molecule has 0 unspecified atom stereocenters. The van der Waals surface area contributed by atoms with E-state index in [1.807, 2.05) is 24.5 Å². The maximum Gasteiger partial charge on any atom is 0.325 e. The van der Waals surface area contributed by atoms with Crippen molar-refractivity contribution in [3.63, 3.8) is 0 Å². The van der Waals surface area contributed by atoms with Crippen LogP contribution in [-0.2, 0) is 25.7 Å². The Labute approximate surface area is 151 Å². The van der Waals surface area contributed by atoms with E-state index >= 15 is 0 Å². The van der Waals surface area contributed by atoms with Crippen LogP contribution < -0.4 is 4.80 Å². The van der Waals surface area contributed by atoms with Gasteiger partial charge in [-0.15, -0.1) is 11.8 Å². The van der Waals surface area contributed by atoms with Crippen LogP contribution in [-0.4, -0.2) is 40.7 Å². The van der Waals surface area contributed by atoms with Gasteiger partial charge in [-0.2, -0.15) is 4.99 Å². The van der Waals surface area contributed by atoms with Crippen LogP contribution in [0.3, 0.4) is 0 Å². The number of hydrogen-bond donors (Lipinski definition) is 0. The second-order valence-electron chi connectivity index (χ2n) is 4.67. The molecular weight excluding hydrogens is 368 g/mol. The minimum absolute atomic E-state index is 0.0160. The van der Waals surface area contributed by atoms with E-state index in [2.05, 4.69) is 4.99 Å². The summed E-state index contributed by atoms with van der Waals surface area (Å²) in [5.41, 5.74) is 0.814. The van der Waals surface area contributed by atoms with Gasteiger partial charge in [0.15, 0.2) is 9.92 Å². The first kappa shape index (κ1) is 18.8. The number of nitrogens with zero attached hydrogens (tertiary/aromatic N) is 2. The van der Waals surface area contributed by atoms with Gasteiger partial charge in [0.2, 0.25) is 0 Å². The predicted molar refractivity (Wildman–Crippen MR) is 97.3 cm³/mol. The monoisotopic (exact) mass is 384 g/mol. The van der Waals surface area contributed by atoms with E-state index in [0.29, 0.717) is 4.80 Å².